The van der Waals surface area contributed by atoms with Gasteiger partial charge in [-0.1, -0.05) is 0 Å². The third-order valence-electron chi connectivity index (χ3n) is 7.12. The predicted octanol–water partition coefficient (Wildman–Crippen LogP) is 4.22. The highest BCUT2D eigenvalue weighted by Crippen LogP contribution is 2.38. The fourth-order valence-electron chi connectivity index (χ4n) is 5.13. The van der Waals surface area contributed by atoms with Crippen LogP contribution < -0.4 is 10.5 Å². The van der Waals surface area contributed by atoms with Gasteiger partial charge < -0.3 is 24.5 Å². The van der Waals surface area contributed by atoms with Gasteiger partial charge in [-0.05, 0) is 63.9 Å². The van der Waals surface area contributed by atoms with Gasteiger partial charge in [0, 0.05) is 42.8 Å². The number of nitrogens with zero attached hydrogens (tertiary/aromatic N) is 5. The lowest BCUT2D eigenvalue weighted by Gasteiger charge is -2.48. The molecule has 1 amide bonds. The summed E-state index contributed by atoms with van der Waals surface area (Å²) in [5, 5.41) is 1.06. The first-order chi connectivity index (χ1) is 16.6. The zero-order valence-corrected chi connectivity index (χ0v) is 21.8. The van der Waals surface area contributed by atoms with E-state index in [1.807, 2.05) is 37.6 Å². The van der Waals surface area contributed by atoms with Crippen molar-refractivity contribution in [2.24, 2.45) is 12.8 Å². The predicted molar refractivity (Wildman–Crippen MR) is 142 cm³/mol. The molecule has 1 aromatic carbocycles. The second-order valence-corrected chi connectivity index (χ2v) is 11.0. The number of methoxy groups -OCH3 is 1. The zero-order chi connectivity index (χ0) is 25.1. The Morgan fingerprint density at radius 3 is 2.74 bits per heavy atom. The van der Waals surface area contributed by atoms with Gasteiger partial charge in [-0.25, -0.2) is 9.97 Å². The molecule has 1 fully saturated rings. The number of ether oxygens (including phenoxy) is 1. The van der Waals surface area contributed by atoms with Gasteiger partial charge >= 0.3 is 0 Å². The quantitative estimate of drug-likeness (QED) is 0.416. The summed E-state index contributed by atoms with van der Waals surface area (Å²) in [5.41, 5.74) is 9.89. The highest BCUT2D eigenvalue weighted by molar-refractivity contribution is 7.81. The Morgan fingerprint density at radius 1 is 1.26 bits per heavy atom. The molecule has 4 heterocycles. The van der Waals surface area contributed by atoms with E-state index in [1.165, 1.54) is 0 Å². The zero-order valence-electron chi connectivity index (χ0n) is 20.9. The molecule has 1 saturated heterocycles. The number of hydrogen-bond donors (Lipinski definition) is 2. The number of carbonyl (C=O) groups is 1. The number of pyridine rings is 1. The fraction of sp³-hybridized carbons (Fsp3) is 0.423. The highest BCUT2D eigenvalue weighted by Gasteiger charge is 2.42. The van der Waals surface area contributed by atoms with E-state index >= 15 is 0 Å². The minimum atomic E-state index is -0.581. The number of rotatable bonds is 4. The monoisotopic (exact) mass is 492 g/mol. The largest absolute Gasteiger partial charge is 0.494 e. The van der Waals surface area contributed by atoms with Crippen LogP contribution in [0.1, 0.15) is 44.0 Å². The van der Waals surface area contributed by atoms with Crippen LogP contribution in [0.5, 0.6) is 5.75 Å². The Balaban J connectivity index is 1.65. The standard InChI is InChI=1S/C26H32N6O2S/c1-6-31-19(13-16-8-7-11-28-22(16)31)23-29-18-12-17(14-20(34-5)21(18)30(23)4)24(33)32-15-25(2,27)9-10-26(32,3)35/h7-8,11-14,35H,6,9-10,15,27H2,1-5H3/t25-,26-/m1/s1. The van der Waals surface area contributed by atoms with E-state index < -0.39 is 10.4 Å². The minimum absolute atomic E-state index is 0.127. The highest BCUT2D eigenvalue weighted by atomic mass is 32.1. The van der Waals surface area contributed by atoms with Gasteiger partial charge in [0.25, 0.3) is 5.91 Å². The van der Waals surface area contributed by atoms with Gasteiger partial charge in [0.2, 0.25) is 0 Å². The third kappa shape index (κ3) is 3.87. The molecule has 0 saturated carbocycles. The van der Waals surface area contributed by atoms with Crippen molar-refractivity contribution in [3.05, 3.63) is 42.1 Å². The second-order valence-electron chi connectivity index (χ2n) is 9.99. The van der Waals surface area contributed by atoms with Crippen LogP contribution in [0.4, 0.5) is 0 Å². The summed E-state index contributed by atoms with van der Waals surface area (Å²) in [6.45, 7) is 7.23. The lowest BCUT2D eigenvalue weighted by molar-refractivity contribution is 0.0474. The molecule has 2 N–H and O–H groups in total. The number of piperidine rings is 1. The van der Waals surface area contributed by atoms with Crippen LogP contribution in [0.3, 0.4) is 0 Å². The van der Waals surface area contributed by atoms with Crippen LogP contribution >= 0.6 is 12.6 Å². The van der Waals surface area contributed by atoms with E-state index in [-0.39, 0.29) is 5.91 Å². The average molecular weight is 493 g/mol. The molecule has 0 spiro atoms. The Kier molecular flexibility index (Phi) is 5.60. The first-order valence-electron chi connectivity index (χ1n) is 11.9. The Morgan fingerprint density at radius 2 is 2.03 bits per heavy atom. The van der Waals surface area contributed by atoms with Gasteiger partial charge in [0.15, 0.2) is 5.82 Å². The van der Waals surface area contributed by atoms with Gasteiger partial charge in [0.05, 0.1) is 23.2 Å². The van der Waals surface area contributed by atoms with E-state index in [0.29, 0.717) is 23.4 Å². The number of thiol groups is 1. The van der Waals surface area contributed by atoms with Crippen molar-refractivity contribution in [3.8, 4) is 17.3 Å². The van der Waals surface area contributed by atoms with Crippen LogP contribution in [0.15, 0.2) is 36.5 Å². The number of carbonyl (C=O) groups excluding carboxylic acids is 1. The normalized spacial score (nSPS) is 22.8. The Bertz CT molecular complexity index is 1450. The molecule has 1 aliphatic heterocycles. The minimum Gasteiger partial charge on any atom is -0.494 e. The van der Waals surface area contributed by atoms with Crippen LogP contribution in [0, 0.1) is 0 Å². The lowest BCUT2D eigenvalue weighted by atomic mass is 9.87. The van der Waals surface area contributed by atoms with Crippen LogP contribution in [0.25, 0.3) is 33.6 Å². The van der Waals surface area contributed by atoms with E-state index in [1.54, 1.807) is 24.3 Å². The molecule has 0 radical (unpaired) electrons. The number of hydrogen-bond acceptors (Lipinski definition) is 6. The molecule has 0 aliphatic carbocycles. The maximum Gasteiger partial charge on any atom is 0.255 e. The molecule has 1 aliphatic rings. The summed E-state index contributed by atoms with van der Waals surface area (Å²) >= 11 is 4.81. The number of amides is 1. The van der Waals surface area contributed by atoms with Crippen LogP contribution in [-0.2, 0) is 13.6 Å². The van der Waals surface area contributed by atoms with Crippen molar-refractivity contribution in [1.82, 2.24) is 24.0 Å². The fourth-order valence-corrected chi connectivity index (χ4v) is 5.40. The average Bonchev–Trinajstić information content (AvgIpc) is 3.37. The molecule has 4 aromatic rings. The van der Waals surface area contributed by atoms with Crippen LogP contribution in [0.2, 0.25) is 0 Å². The smallest absolute Gasteiger partial charge is 0.255 e. The first kappa shape index (κ1) is 23.7. The molecule has 2 atom stereocenters. The molecule has 5 rings (SSSR count). The second kappa shape index (κ2) is 8.27. The molecule has 0 bridgehead atoms. The van der Waals surface area contributed by atoms with E-state index in [4.69, 9.17) is 28.1 Å². The number of imidazole rings is 1. The van der Waals surface area contributed by atoms with Crippen molar-refractivity contribution < 1.29 is 9.53 Å². The maximum atomic E-state index is 13.7. The first-order valence-corrected chi connectivity index (χ1v) is 12.3. The number of aryl methyl sites for hydroxylation is 2. The van der Waals surface area contributed by atoms with Crippen molar-refractivity contribution in [3.63, 3.8) is 0 Å². The van der Waals surface area contributed by atoms with Crippen molar-refractivity contribution in [2.45, 2.75) is 50.6 Å². The molecule has 184 valence electrons. The van der Waals surface area contributed by atoms with Gasteiger partial charge in [0.1, 0.15) is 16.9 Å². The Hall–Kier alpha value is -3.04. The summed E-state index contributed by atoms with van der Waals surface area (Å²) in [6.07, 6.45) is 3.33. The maximum absolute atomic E-state index is 13.7. The summed E-state index contributed by atoms with van der Waals surface area (Å²) in [7, 11) is 3.58. The summed E-state index contributed by atoms with van der Waals surface area (Å²) < 4.78 is 9.92. The van der Waals surface area contributed by atoms with E-state index in [9.17, 15) is 4.79 Å². The van der Waals surface area contributed by atoms with Gasteiger partial charge in [-0.15, -0.1) is 0 Å². The van der Waals surface area contributed by atoms with E-state index in [0.717, 1.165) is 47.5 Å². The molecule has 35 heavy (non-hydrogen) atoms. The molecule has 9 heteroatoms. The summed E-state index contributed by atoms with van der Waals surface area (Å²) in [4.78, 5) is 24.4. The topological polar surface area (TPSA) is 91.2 Å². The molecular weight excluding hydrogens is 460 g/mol. The van der Waals surface area contributed by atoms with Crippen LogP contribution in [-0.4, -0.2) is 54.0 Å². The number of benzene rings is 1. The van der Waals surface area contributed by atoms with Crippen molar-refractivity contribution in [2.75, 3.05) is 13.7 Å². The molecule has 0 unspecified atom stereocenters. The number of aromatic nitrogens is 4. The SMILES string of the molecule is CCn1c(-c2nc3cc(C(=O)N4C[C@](C)(N)CC[C@@]4(C)S)cc(OC)c3n2C)cc2cccnc21. The van der Waals surface area contributed by atoms with Crippen molar-refractivity contribution >= 4 is 40.6 Å². The molecule has 8 nitrogen and oxygen atoms in total. The molecule has 3 aromatic heterocycles. The summed E-state index contributed by atoms with van der Waals surface area (Å²) in [5.74, 6) is 1.25. The van der Waals surface area contributed by atoms with Crippen molar-refractivity contribution in [1.29, 1.82) is 0 Å². The van der Waals surface area contributed by atoms with Gasteiger partial charge in [-0.2, -0.15) is 12.6 Å². The molecular formula is C26H32N6O2S. The number of fused-ring (bicyclic) bond motifs is 2. The Labute approximate surface area is 210 Å². The van der Waals surface area contributed by atoms with Gasteiger partial charge in [-0.3, -0.25) is 4.79 Å². The number of nitrogens with two attached hydrogens (primary N) is 1. The number of likely N-dealkylation sites (tertiary alicyclic amines) is 1. The summed E-state index contributed by atoms with van der Waals surface area (Å²) in [6, 6.07) is 9.72. The van der Waals surface area contributed by atoms with E-state index in [2.05, 4.69) is 28.6 Å². The lowest BCUT2D eigenvalue weighted by Crippen LogP contribution is -2.60. The third-order valence-corrected chi connectivity index (χ3v) is 7.58.